The number of nitriles is 1. The first-order valence-electron chi connectivity index (χ1n) is 7.73. The van der Waals surface area contributed by atoms with E-state index in [0.717, 1.165) is 32.1 Å². The van der Waals surface area contributed by atoms with Gasteiger partial charge in [0.25, 0.3) is 0 Å². The number of allylic oxidation sites excluding steroid dienone is 2. The number of rotatable bonds is 2. The molecule has 2 heteroatoms. The molecule has 5 atom stereocenters. The van der Waals surface area contributed by atoms with Crippen LogP contribution in [-0.4, -0.2) is 11.2 Å². The highest BCUT2D eigenvalue weighted by Crippen LogP contribution is 2.46. The van der Waals surface area contributed by atoms with E-state index in [-0.39, 0.29) is 5.92 Å². The van der Waals surface area contributed by atoms with E-state index < -0.39 is 11.5 Å². The van der Waals surface area contributed by atoms with E-state index in [4.69, 9.17) is 0 Å². The average molecular weight is 261 g/mol. The minimum absolute atomic E-state index is 0.268. The molecule has 5 unspecified atom stereocenters. The van der Waals surface area contributed by atoms with Crippen molar-refractivity contribution in [2.45, 2.75) is 65.4 Å². The van der Waals surface area contributed by atoms with E-state index >= 15 is 0 Å². The van der Waals surface area contributed by atoms with Gasteiger partial charge in [0.15, 0.2) is 0 Å². The summed E-state index contributed by atoms with van der Waals surface area (Å²) in [7, 11) is 0. The molecule has 19 heavy (non-hydrogen) atoms. The molecule has 1 N–H and O–H groups in total. The van der Waals surface area contributed by atoms with Gasteiger partial charge in [0.05, 0.1) is 17.6 Å². The lowest BCUT2D eigenvalue weighted by molar-refractivity contribution is -0.0244. The maximum Gasteiger partial charge on any atom is 0.0837 e. The van der Waals surface area contributed by atoms with Crippen LogP contribution in [0.4, 0.5) is 0 Å². The smallest absolute Gasteiger partial charge is 0.0837 e. The zero-order valence-electron chi connectivity index (χ0n) is 12.5. The first kappa shape index (κ1) is 14.6. The Morgan fingerprint density at radius 1 is 1.47 bits per heavy atom. The summed E-state index contributed by atoms with van der Waals surface area (Å²) in [5.74, 6) is 1.37. The normalized spacial score (nSPS) is 41.2. The molecule has 1 fully saturated rings. The van der Waals surface area contributed by atoms with Crippen LogP contribution < -0.4 is 0 Å². The van der Waals surface area contributed by atoms with Crippen molar-refractivity contribution in [3.63, 3.8) is 0 Å². The summed E-state index contributed by atoms with van der Waals surface area (Å²) in [6.07, 6.45) is 7.89. The Balaban J connectivity index is 2.15. The average Bonchev–Trinajstić information content (AvgIpc) is 2.36. The Morgan fingerprint density at radius 3 is 2.79 bits per heavy atom. The van der Waals surface area contributed by atoms with Crippen molar-refractivity contribution in [3.8, 4) is 6.07 Å². The third-order valence-corrected chi connectivity index (χ3v) is 5.10. The van der Waals surface area contributed by atoms with Crippen molar-refractivity contribution < 1.29 is 5.11 Å². The first-order valence-corrected chi connectivity index (χ1v) is 7.73. The monoisotopic (exact) mass is 261 g/mol. The molecule has 2 aliphatic carbocycles. The van der Waals surface area contributed by atoms with Crippen LogP contribution in [0.2, 0.25) is 0 Å². The van der Waals surface area contributed by atoms with Crippen molar-refractivity contribution in [2.75, 3.05) is 0 Å². The number of aliphatic hydroxyl groups is 1. The molecule has 106 valence electrons. The number of aliphatic hydroxyl groups excluding tert-OH is 1. The van der Waals surface area contributed by atoms with E-state index in [9.17, 15) is 10.4 Å². The number of nitrogens with zero attached hydrogens (tertiary/aromatic N) is 1. The van der Waals surface area contributed by atoms with Gasteiger partial charge in [0, 0.05) is 0 Å². The molecule has 2 aliphatic rings. The van der Waals surface area contributed by atoms with Gasteiger partial charge in [0.1, 0.15) is 0 Å². The number of hydrogen-bond acceptors (Lipinski definition) is 2. The maximum absolute atomic E-state index is 10.9. The van der Waals surface area contributed by atoms with E-state index in [0.29, 0.717) is 11.8 Å². The predicted octanol–water partition coefficient (Wildman–Crippen LogP) is 4.06. The Labute approximate surface area is 117 Å². The standard InChI is InChI=1S/C17H27NO/c1-12-5-4-6-17(10-12,11-18)16(19)15-8-13(2)7-14(3)9-15/h7,12-13,15-16,19H,4-6,8-10H2,1-3H3. The molecule has 1 saturated carbocycles. The highest BCUT2D eigenvalue weighted by atomic mass is 16.3. The molecule has 2 nitrogen and oxygen atoms in total. The van der Waals surface area contributed by atoms with Crippen LogP contribution in [0.3, 0.4) is 0 Å². The highest BCUT2D eigenvalue weighted by molar-refractivity contribution is 5.13. The van der Waals surface area contributed by atoms with Gasteiger partial charge < -0.3 is 5.11 Å². The highest BCUT2D eigenvalue weighted by Gasteiger charge is 2.45. The fraction of sp³-hybridized carbons (Fsp3) is 0.824. The van der Waals surface area contributed by atoms with E-state index in [1.807, 2.05) is 0 Å². The van der Waals surface area contributed by atoms with Crippen LogP contribution in [0.15, 0.2) is 11.6 Å². The second-order valence-corrected chi connectivity index (χ2v) is 7.10. The lowest BCUT2D eigenvalue weighted by Gasteiger charge is -2.42. The Kier molecular flexibility index (Phi) is 4.36. The lowest BCUT2D eigenvalue weighted by atomic mass is 9.63. The largest absolute Gasteiger partial charge is 0.391 e. The van der Waals surface area contributed by atoms with Crippen LogP contribution in [0.25, 0.3) is 0 Å². The molecule has 0 amide bonds. The maximum atomic E-state index is 10.9. The van der Waals surface area contributed by atoms with Crippen LogP contribution in [-0.2, 0) is 0 Å². The van der Waals surface area contributed by atoms with Gasteiger partial charge in [-0.3, -0.25) is 0 Å². The predicted molar refractivity (Wildman–Crippen MR) is 77.3 cm³/mol. The van der Waals surface area contributed by atoms with Crippen LogP contribution >= 0.6 is 0 Å². The van der Waals surface area contributed by atoms with E-state index in [2.05, 4.69) is 32.9 Å². The zero-order valence-corrected chi connectivity index (χ0v) is 12.5. The van der Waals surface area contributed by atoms with Crippen molar-refractivity contribution in [1.82, 2.24) is 0 Å². The fourth-order valence-electron chi connectivity index (χ4n) is 4.32. The summed E-state index contributed by atoms with van der Waals surface area (Å²) in [4.78, 5) is 0. The molecule has 0 aromatic carbocycles. The van der Waals surface area contributed by atoms with Crippen molar-refractivity contribution in [3.05, 3.63) is 11.6 Å². The third-order valence-electron chi connectivity index (χ3n) is 5.10. The van der Waals surface area contributed by atoms with E-state index in [1.54, 1.807) is 0 Å². The van der Waals surface area contributed by atoms with Gasteiger partial charge in [0.2, 0.25) is 0 Å². The van der Waals surface area contributed by atoms with Gasteiger partial charge in [-0.15, -0.1) is 0 Å². The summed E-state index contributed by atoms with van der Waals surface area (Å²) in [6, 6.07) is 2.51. The second kappa shape index (κ2) is 5.67. The Bertz CT molecular complexity index is 395. The summed E-state index contributed by atoms with van der Waals surface area (Å²) >= 11 is 0. The first-order chi connectivity index (χ1) is 8.97. The molecule has 0 spiro atoms. The molecule has 0 radical (unpaired) electrons. The van der Waals surface area contributed by atoms with Crippen LogP contribution in [0.1, 0.15) is 59.3 Å². The van der Waals surface area contributed by atoms with Gasteiger partial charge in [-0.2, -0.15) is 5.26 Å². The molecule has 0 saturated heterocycles. The Morgan fingerprint density at radius 2 is 2.21 bits per heavy atom. The molecule has 0 heterocycles. The van der Waals surface area contributed by atoms with Crippen LogP contribution in [0.5, 0.6) is 0 Å². The van der Waals surface area contributed by atoms with Crippen molar-refractivity contribution >= 4 is 0 Å². The number of hydrogen-bond donors (Lipinski definition) is 1. The second-order valence-electron chi connectivity index (χ2n) is 7.10. The quantitative estimate of drug-likeness (QED) is 0.762. The molecule has 2 rings (SSSR count). The zero-order chi connectivity index (χ0) is 14.0. The van der Waals surface area contributed by atoms with Crippen molar-refractivity contribution in [2.24, 2.45) is 23.2 Å². The summed E-state index contributed by atoms with van der Waals surface area (Å²) < 4.78 is 0. The summed E-state index contributed by atoms with van der Waals surface area (Å²) in [5, 5.41) is 20.5. The summed E-state index contributed by atoms with van der Waals surface area (Å²) in [5.41, 5.74) is 0.888. The minimum atomic E-state index is -0.486. The van der Waals surface area contributed by atoms with E-state index in [1.165, 1.54) is 12.0 Å². The molecule has 0 aliphatic heterocycles. The topological polar surface area (TPSA) is 44.0 Å². The van der Waals surface area contributed by atoms with Gasteiger partial charge in [-0.05, 0) is 50.4 Å². The van der Waals surface area contributed by atoms with Gasteiger partial charge in [-0.1, -0.05) is 38.3 Å². The SMILES string of the molecule is CC1=CC(C)CC(C(O)C2(C#N)CCCC(C)C2)C1. The van der Waals surface area contributed by atoms with Gasteiger partial charge in [-0.25, -0.2) is 0 Å². The molecular weight excluding hydrogens is 234 g/mol. The van der Waals surface area contributed by atoms with Gasteiger partial charge >= 0.3 is 0 Å². The third kappa shape index (κ3) is 3.03. The van der Waals surface area contributed by atoms with Crippen LogP contribution in [0, 0.1) is 34.5 Å². The summed E-state index contributed by atoms with van der Waals surface area (Å²) in [6.45, 7) is 6.58. The molecular formula is C17H27NO. The fourth-order valence-corrected chi connectivity index (χ4v) is 4.32. The van der Waals surface area contributed by atoms with Crippen molar-refractivity contribution in [1.29, 1.82) is 5.26 Å². The molecule has 0 aromatic rings. The minimum Gasteiger partial charge on any atom is -0.391 e. The Hall–Kier alpha value is -0.810. The molecule has 0 aromatic heterocycles. The lowest BCUT2D eigenvalue weighted by Crippen LogP contribution is -2.43. The molecule has 0 bridgehead atoms.